The van der Waals surface area contributed by atoms with Crippen LogP contribution in [0.4, 0.5) is 0 Å². The first-order valence-electron chi connectivity index (χ1n) is 2.30. The number of rotatable bonds is 0. The molecule has 0 nitrogen and oxygen atoms in total. The van der Waals surface area contributed by atoms with E-state index in [0.717, 1.165) is 8.59 Å². The van der Waals surface area contributed by atoms with Crippen LogP contribution >= 0.6 is 56.8 Å². The van der Waals surface area contributed by atoms with Gasteiger partial charge in [0.2, 0.25) is 0 Å². The van der Waals surface area contributed by atoms with E-state index >= 15 is 0 Å². The molecule has 9 heavy (non-hydrogen) atoms. The summed E-state index contributed by atoms with van der Waals surface area (Å²) in [6, 6.07) is 5.94. The summed E-state index contributed by atoms with van der Waals surface area (Å²) >= 11 is 10.2. The highest BCUT2D eigenvalue weighted by atomic mass is 127. The van der Waals surface area contributed by atoms with E-state index in [1.54, 1.807) is 0 Å². The topological polar surface area (TPSA) is 0 Å². The number of halogens is 3. The van der Waals surface area contributed by atoms with E-state index in [-0.39, 0.29) is 0 Å². The van der Waals surface area contributed by atoms with Crippen LogP contribution < -0.4 is 0 Å². The van der Waals surface area contributed by atoms with Gasteiger partial charge in [-0.2, -0.15) is 0 Å². The fraction of sp³-hybridized carbons (Fsp3) is 0. The maximum Gasteiger partial charge on any atom is 0.0540 e. The molecule has 0 saturated heterocycles. The predicted octanol–water partition coefficient (Wildman–Crippen LogP) is 3.55. The molecule has 1 rings (SSSR count). The van der Waals surface area contributed by atoms with Crippen LogP contribution in [-0.4, -0.2) is 0 Å². The highest BCUT2D eigenvalue weighted by molar-refractivity contribution is 14.1. The summed E-state index contributed by atoms with van der Waals surface area (Å²) in [6.45, 7) is 0. The van der Waals surface area contributed by atoms with Crippen molar-refractivity contribution in [3.05, 3.63) is 30.4 Å². The van der Waals surface area contributed by atoms with Crippen LogP contribution in [0.5, 0.6) is 0 Å². The highest BCUT2D eigenvalue weighted by Gasteiger charge is 1.94. The normalized spacial score (nSPS) is 9.67. The summed E-state index contributed by atoms with van der Waals surface area (Å²) in [6.07, 6.45) is 0. The van der Waals surface area contributed by atoms with Crippen LogP contribution in [0, 0.1) is 7.14 Å². The molecule has 0 spiro atoms. The Morgan fingerprint density at radius 3 is 2.33 bits per heavy atom. The van der Waals surface area contributed by atoms with E-state index < -0.39 is 0 Å². The van der Waals surface area contributed by atoms with Crippen LogP contribution in [0.2, 0.25) is 5.02 Å². The monoisotopic (exact) mass is 364 g/mol. The van der Waals surface area contributed by atoms with Gasteiger partial charge < -0.3 is 0 Å². The summed E-state index contributed by atoms with van der Waals surface area (Å²) in [7, 11) is 0. The van der Waals surface area contributed by atoms with Crippen molar-refractivity contribution in [2.45, 2.75) is 0 Å². The fourth-order valence-corrected chi connectivity index (χ4v) is 2.19. The smallest absolute Gasteiger partial charge is 0.0540 e. The van der Waals surface area contributed by atoms with Gasteiger partial charge in [-0.3, -0.25) is 0 Å². The molecule has 0 aromatic heterocycles. The Kier molecular flexibility index (Phi) is 3.04. The third-order valence-electron chi connectivity index (χ3n) is 0.882. The zero-order valence-corrected chi connectivity index (χ0v) is 9.44. The van der Waals surface area contributed by atoms with Gasteiger partial charge in [-0.15, -0.1) is 0 Å². The number of benzene rings is 1. The van der Waals surface area contributed by atoms with Gasteiger partial charge in [-0.1, -0.05) is 11.6 Å². The quantitative estimate of drug-likeness (QED) is 0.488. The van der Waals surface area contributed by atoms with E-state index in [1.165, 1.54) is 3.57 Å². The molecule has 0 aliphatic rings. The van der Waals surface area contributed by atoms with Crippen LogP contribution in [-0.2, 0) is 0 Å². The Labute approximate surface area is 86.3 Å². The lowest BCUT2D eigenvalue weighted by Gasteiger charge is -1.93. The number of hydrogen-bond donors (Lipinski definition) is 0. The van der Waals surface area contributed by atoms with E-state index in [2.05, 4.69) is 45.2 Å². The molecule has 0 saturated carbocycles. The van der Waals surface area contributed by atoms with Crippen molar-refractivity contribution >= 4 is 56.8 Å². The second-order valence-corrected chi connectivity index (χ2v) is 4.37. The average molecular weight is 364 g/mol. The summed E-state index contributed by atoms with van der Waals surface area (Å²) in [5.41, 5.74) is 0. The van der Waals surface area contributed by atoms with Gasteiger partial charge in [-0.05, 0) is 63.4 Å². The molecule has 0 aliphatic heterocycles. The van der Waals surface area contributed by atoms with Gasteiger partial charge in [0.05, 0.1) is 5.02 Å². The molecule has 0 unspecified atom stereocenters. The Morgan fingerprint density at radius 1 is 1.22 bits per heavy atom. The molecule has 1 aromatic carbocycles. The predicted molar refractivity (Wildman–Crippen MR) is 56.9 cm³/mol. The zero-order valence-electron chi connectivity index (χ0n) is 4.37. The van der Waals surface area contributed by atoms with Crippen molar-refractivity contribution in [1.29, 1.82) is 0 Å². The molecular weight excluding hydrogens is 361 g/mol. The Morgan fingerprint density at radius 2 is 1.89 bits per heavy atom. The molecule has 48 valence electrons. The minimum atomic E-state index is 0.830. The van der Waals surface area contributed by atoms with Gasteiger partial charge >= 0.3 is 0 Å². The average Bonchev–Trinajstić information content (AvgIpc) is 1.80. The first-order valence-corrected chi connectivity index (χ1v) is 4.84. The van der Waals surface area contributed by atoms with Gasteiger partial charge in [0, 0.05) is 7.14 Å². The van der Waals surface area contributed by atoms with Crippen molar-refractivity contribution in [1.82, 2.24) is 0 Å². The van der Waals surface area contributed by atoms with E-state index in [0.29, 0.717) is 0 Å². The van der Waals surface area contributed by atoms with Gasteiger partial charge in [0.25, 0.3) is 0 Å². The van der Waals surface area contributed by atoms with E-state index in [9.17, 15) is 0 Å². The molecule has 0 bridgehead atoms. The van der Waals surface area contributed by atoms with Crippen molar-refractivity contribution in [2.24, 2.45) is 0 Å². The minimum Gasteiger partial charge on any atom is -0.0832 e. The molecule has 0 aliphatic carbocycles. The van der Waals surface area contributed by atoms with Crippen molar-refractivity contribution in [2.75, 3.05) is 0 Å². The summed E-state index contributed by atoms with van der Waals surface area (Å²) in [5.74, 6) is 0. The van der Waals surface area contributed by atoms with Crippen LogP contribution in [0.25, 0.3) is 0 Å². The van der Waals surface area contributed by atoms with Crippen molar-refractivity contribution < 1.29 is 0 Å². The summed E-state index contributed by atoms with van der Waals surface area (Å²) in [5, 5.41) is 0.830. The zero-order chi connectivity index (χ0) is 6.85. The molecule has 0 radical (unpaired) electrons. The standard InChI is InChI=1S/C6H3ClI2/c7-5-2-1-4(8)3-6(5)9/h1-3H. The largest absolute Gasteiger partial charge is 0.0832 e. The molecule has 0 amide bonds. The van der Waals surface area contributed by atoms with Crippen LogP contribution in [0.1, 0.15) is 0 Å². The fourth-order valence-electron chi connectivity index (χ4n) is 0.470. The second kappa shape index (κ2) is 3.39. The van der Waals surface area contributed by atoms with Gasteiger partial charge in [-0.25, -0.2) is 0 Å². The van der Waals surface area contributed by atoms with Gasteiger partial charge in [0.15, 0.2) is 0 Å². The molecule has 0 fully saturated rings. The molecule has 1 aromatic rings. The van der Waals surface area contributed by atoms with Gasteiger partial charge in [0.1, 0.15) is 0 Å². The van der Waals surface area contributed by atoms with Crippen LogP contribution in [0.15, 0.2) is 18.2 Å². The first-order chi connectivity index (χ1) is 4.20. The molecule has 0 atom stereocenters. The Balaban J connectivity index is 3.17. The first kappa shape index (κ1) is 8.07. The van der Waals surface area contributed by atoms with Crippen molar-refractivity contribution in [3.8, 4) is 0 Å². The molecule has 0 N–H and O–H groups in total. The van der Waals surface area contributed by atoms with Crippen LogP contribution in [0.3, 0.4) is 0 Å². The molecule has 3 heteroatoms. The molecular formula is C6H3ClI2. The third-order valence-corrected chi connectivity index (χ3v) is 3.09. The number of hydrogen-bond acceptors (Lipinski definition) is 0. The molecule has 0 heterocycles. The van der Waals surface area contributed by atoms with Crippen molar-refractivity contribution in [3.63, 3.8) is 0 Å². The lowest BCUT2D eigenvalue weighted by molar-refractivity contribution is 1.59. The van der Waals surface area contributed by atoms with E-state index in [4.69, 9.17) is 11.6 Å². The second-order valence-electron chi connectivity index (χ2n) is 1.56. The SMILES string of the molecule is Clc1ccc(I)cc1I. The minimum absolute atomic E-state index is 0.830. The maximum atomic E-state index is 5.77. The maximum absolute atomic E-state index is 5.77. The highest BCUT2D eigenvalue weighted by Crippen LogP contribution is 2.19. The third kappa shape index (κ3) is 2.23. The summed E-state index contributed by atoms with van der Waals surface area (Å²) < 4.78 is 2.34. The Bertz CT molecular complexity index is 222. The summed E-state index contributed by atoms with van der Waals surface area (Å²) in [4.78, 5) is 0. The lowest BCUT2D eigenvalue weighted by Crippen LogP contribution is -1.74. The Hall–Kier alpha value is 0.970. The van der Waals surface area contributed by atoms with E-state index in [1.807, 2.05) is 18.2 Å². The lowest BCUT2D eigenvalue weighted by atomic mass is 10.4.